The molecule has 0 unspecified atom stereocenters. The average Bonchev–Trinajstić information content (AvgIpc) is 2.75. The maximum atomic E-state index is 11.6. The molecule has 0 aromatic carbocycles. The smallest absolute Gasteiger partial charge is 0.189 e. The highest BCUT2D eigenvalue weighted by atomic mass is 32.1. The van der Waals surface area contributed by atoms with E-state index in [-0.39, 0.29) is 5.78 Å². The first kappa shape index (κ1) is 9.01. The summed E-state index contributed by atoms with van der Waals surface area (Å²) < 4.78 is 3.92. The number of hydrogen-bond acceptors (Lipinski definition) is 5. The molecular formula is C8H8N4OS. The number of aryl methyl sites for hydroxylation is 1. The molecule has 0 bridgehead atoms. The van der Waals surface area contributed by atoms with Crippen molar-refractivity contribution in [3.8, 4) is 0 Å². The third-order valence-corrected chi connectivity index (χ3v) is 2.45. The van der Waals surface area contributed by atoms with Crippen LogP contribution in [0.1, 0.15) is 15.4 Å². The predicted molar refractivity (Wildman–Crippen MR) is 51.2 cm³/mol. The van der Waals surface area contributed by atoms with Gasteiger partial charge in [0.2, 0.25) is 0 Å². The highest BCUT2D eigenvalue weighted by Gasteiger charge is 2.11. The standard InChI is InChI=1S/C8H8N4OS/c1-12-9-5-7(11-12)8(13)4-6-2-3-10-14-6/h2-3,5H,4H2,1H3. The summed E-state index contributed by atoms with van der Waals surface area (Å²) in [6.45, 7) is 0. The van der Waals surface area contributed by atoms with E-state index in [1.54, 1.807) is 13.2 Å². The SMILES string of the molecule is Cn1ncc(C(=O)Cc2ccns2)n1. The van der Waals surface area contributed by atoms with Gasteiger partial charge in [0.15, 0.2) is 5.78 Å². The molecule has 0 aliphatic carbocycles. The Morgan fingerprint density at radius 3 is 3.07 bits per heavy atom. The first-order chi connectivity index (χ1) is 6.75. The zero-order valence-corrected chi connectivity index (χ0v) is 8.36. The van der Waals surface area contributed by atoms with E-state index in [0.717, 1.165) is 4.88 Å². The zero-order valence-electron chi connectivity index (χ0n) is 7.54. The Labute approximate surface area is 84.5 Å². The van der Waals surface area contributed by atoms with Gasteiger partial charge in [-0.25, -0.2) is 4.37 Å². The van der Waals surface area contributed by atoms with Crippen LogP contribution in [-0.2, 0) is 13.5 Å². The number of carbonyl (C=O) groups is 1. The molecular weight excluding hydrogens is 200 g/mol. The first-order valence-corrected chi connectivity index (χ1v) is 4.82. The van der Waals surface area contributed by atoms with Crippen LogP contribution >= 0.6 is 11.5 Å². The lowest BCUT2D eigenvalue weighted by Gasteiger charge is -1.91. The maximum absolute atomic E-state index is 11.6. The Balaban J connectivity index is 2.10. The van der Waals surface area contributed by atoms with Crippen LogP contribution < -0.4 is 0 Å². The second kappa shape index (κ2) is 3.67. The summed E-state index contributed by atoms with van der Waals surface area (Å²) in [4.78, 5) is 13.9. The van der Waals surface area contributed by atoms with Crippen LogP contribution in [-0.4, -0.2) is 25.2 Å². The van der Waals surface area contributed by atoms with Crippen LogP contribution in [0.25, 0.3) is 0 Å². The molecule has 14 heavy (non-hydrogen) atoms. The van der Waals surface area contributed by atoms with Gasteiger partial charge in [-0.05, 0) is 17.6 Å². The summed E-state index contributed by atoms with van der Waals surface area (Å²) in [6, 6.07) is 1.83. The second-order valence-corrected chi connectivity index (χ2v) is 3.72. The van der Waals surface area contributed by atoms with Crippen molar-refractivity contribution >= 4 is 17.3 Å². The molecule has 0 radical (unpaired) electrons. The molecule has 0 saturated carbocycles. The van der Waals surface area contributed by atoms with E-state index in [2.05, 4.69) is 14.6 Å². The minimum atomic E-state index is -0.0256. The van der Waals surface area contributed by atoms with Crippen LogP contribution in [0.3, 0.4) is 0 Å². The Morgan fingerprint density at radius 1 is 1.64 bits per heavy atom. The molecule has 2 rings (SSSR count). The molecule has 2 aromatic rings. The van der Waals surface area contributed by atoms with Crippen molar-refractivity contribution < 1.29 is 4.79 Å². The van der Waals surface area contributed by atoms with E-state index < -0.39 is 0 Å². The number of aromatic nitrogens is 4. The van der Waals surface area contributed by atoms with Crippen molar-refractivity contribution in [2.24, 2.45) is 7.05 Å². The molecule has 0 atom stereocenters. The van der Waals surface area contributed by atoms with Gasteiger partial charge in [0.1, 0.15) is 5.69 Å². The van der Waals surface area contributed by atoms with E-state index in [9.17, 15) is 4.79 Å². The lowest BCUT2D eigenvalue weighted by atomic mass is 10.2. The topological polar surface area (TPSA) is 60.7 Å². The quantitative estimate of drug-likeness (QED) is 0.696. The second-order valence-electron chi connectivity index (χ2n) is 2.80. The summed E-state index contributed by atoms with van der Waals surface area (Å²) in [6.07, 6.45) is 3.51. The van der Waals surface area contributed by atoms with Crippen molar-refractivity contribution in [1.82, 2.24) is 19.4 Å². The monoisotopic (exact) mass is 208 g/mol. The van der Waals surface area contributed by atoms with E-state index in [1.165, 1.54) is 22.5 Å². The molecule has 72 valence electrons. The fourth-order valence-corrected chi connectivity index (χ4v) is 1.63. The van der Waals surface area contributed by atoms with Crippen molar-refractivity contribution in [1.29, 1.82) is 0 Å². The van der Waals surface area contributed by atoms with Crippen molar-refractivity contribution in [2.75, 3.05) is 0 Å². The Hall–Kier alpha value is -1.56. The minimum absolute atomic E-state index is 0.0256. The van der Waals surface area contributed by atoms with E-state index in [1.807, 2.05) is 6.07 Å². The molecule has 2 heterocycles. The van der Waals surface area contributed by atoms with Gasteiger partial charge in [-0.3, -0.25) is 4.79 Å². The number of rotatable bonds is 3. The van der Waals surface area contributed by atoms with Crippen LogP contribution in [0.2, 0.25) is 0 Å². The molecule has 0 amide bonds. The molecule has 6 heteroatoms. The lowest BCUT2D eigenvalue weighted by molar-refractivity contribution is 0.0988. The number of carbonyl (C=O) groups excluding carboxylic acids is 1. The lowest BCUT2D eigenvalue weighted by Crippen LogP contribution is -2.04. The molecule has 0 saturated heterocycles. The van der Waals surface area contributed by atoms with Gasteiger partial charge in [0, 0.05) is 24.5 Å². The van der Waals surface area contributed by atoms with E-state index in [0.29, 0.717) is 12.1 Å². The fourth-order valence-electron chi connectivity index (χ4n) is 1.06. The van der Waals surface area contributed by atoms with Gasteiger partial charge >= 0.3 is 0 Å². The Kier molecular flexibility index (Phi) is 2.36. The molecule has 0 fully saturated rings. The van der Waals surface area contributed by atoms with E-state index >= 15 is 0 Å². The zero-order chi connectivity index (χ0) is 9.97. The normalized spacial score (nSPS) is 10.4. The largest absolute Gasteiger partial charge is 0.292 e. The third-order valence-electron chi connectivity index (χ3n) is 1.71. The van der Waals surface area contributed by atoms with E-state index in [4.69, 9.17) is 0 Å². The third kappa shape index (κ3) is 1.85. The summed E-state index contributed by atoms with van der Waals surface area (Å²) in [7, 11) is 1.68. The molecule has 0 aliphatic rings. The van der Waals surface area contributed by atoms with Gasteiger partial charge in [-0.2, -0.15) is 15.0 Å². The van der Waals surface area contributed by atoms with Gasteiger partial charge in [-0.15, -0.1) is 0 Å². The molecule has 5 nitrogen and oxygen atoms in total. The van der Waals surface area contributed by atoms with Crippen LogP contribution in [0, 0.1) is 0 Å². The number of Topliss-reactive ketones (excluding diaryl/α,β-unsaturated/α-hetero) is 1. The fraction of sp³-hybridized carbons (Fsp3) is 0.250. The highest BCUT2D eigenvalue weighted by Crippen LogP contribution is 2.08. The van der Waals surface area contributed by atoms with Crippen molar-refractivity contribution in [3.05, 3.63) is 29.0 Å². The number of nitrogens with zero attached hydrogens (tertiary/aromatic N) is 4. The number of ketones is 1. The highest BCUT2D eigenvalue weighted by molar-refractivity contribution is 7.05. The Bertz CT molecular complexity index is 434. The molecule has 0 N–H and O–H groups in total. The predicted octanol–water partition coefficient (Wildman–Crippen LogP) is 0.697. The molecule has 0 aliphatic heterocycles. The van der Waals surface area contributed by atoms with Crippen molar-refractivity contribution in [2.45, 2.75) is 6.42 Å². The first-order valence-electron chi connectivity index (χ1n) is 4.05. The van der Waals surface area contributed by atoms with Gasteiger partial charge in [0.25, 0.3) is 0 Å². The summed E-state index contributed by atoms with van der Waals surface area (Å²) in [5.74, 6) is -0.0256. The van der Waals surface area contributed by atoms with Crippen molar-refractivity contribution in [3.63, 3.8) is 0 Å². The molecule has 0 spiro atoms. The van der Waals surface area contributed by atoms with Gasteiger partial charge in [0.05, 0.1) is 6.20 Å². The minimum Gasteiger partial charge on any atom is -0.292 e. The van der Waals surface area contributed by atoms with Crippen LogP contribution in [0.15, 0.2) is 18.5 Å². The van der Waals surface area contributed by atoms with Gasteiger partial charge in [-0.1, -0.05) is 0 Å². The summed E-state index contributed by atoms with van der Waals surface area (Å²) in [5.41, 5.74) is 0.404. The van der Waals surface area contributed by atoms with Gasteiger partial charge < -0.3 is 0 Å². The number of hydrogen-bond donors (Lipinski definition) is 0. The average molecular weight is 208 g/mol. The maximum Gasteiger partial charge on any atom is 0.189 e. The van der Waals surface area contributed by atoms with Crippen LogP contribution in [0.4, 0.5) is 0 Å². The summed E-state index contributed by atoms with van der Waals surface area (Å²) >= 11 is 1.33. The molecule has 2 aromatic heterocycles. The summed E-state index contributed by atoms with van der Waals surface area (Å²) in [5, 5.41) is 7.77. The van der Waals surface area contributed by atoms with Crippen LogP contribution in [0.5, 0.6) is 0 Å². The Morgan fingerprint density at radius 2 is 2.50 bits per heavy atom.